The Balaban J connectivity index is 2.41. The zero-order valence-electron chi connectivity index (χ0n) is 11.2. The summed E-state index contributed by atoms with van der Waals surface area (Å²) in [6.45, 7) is 7.35. The molecular formula is C11H19N5O2. The Morgan fingerprint density at radius 3 is 2.44 bits per heavy atom. The molecule has 1 aliphatic rings. The molecule has 7 heteroatoms. The maximum Gasteiger partial charge on any atom is 0.333 e. The Morgan fingerprint density at radius 1 is 1.39 bits per heavy atom. The van der Waals surface area contributed by atoms with Crippen molar-refractivity contribution in [2.24, 2.45) is 7.05 Å². The lowest BCUT2D eigenvalue weighted by molar-refractivity contribution is -0.384. The van der Waals surface area contributed by atoms with Gasteiger partial charge < -0.3 is 10.2 Å². The highest BCUT2D eigenvalue weighted by Gasteiger charge is 2.32. The zero-order valence-corrected chi connectivity index (χ0v) is 11.2. The molecule has 1 aromatic heterocycles. The van der Waals surface area contributed by atoms with E-state index in [9.17, 15) is 10.1 Å². The lowest BCUT2D eigenvalue weighted by Gasteiger charge is -2.36. The molecule has 0 radical (unpaired) electrons. The van der Waals surface area contributed by atoms with Crippen molar-refractivity contribution in [3.8, 4) is 0 Å². The molecule has 1 saturated heterocycles. The van der Waals surface area contributed by atoms with Crippen molar-refractivity contribution < 1.29 is 4.92 Å². The first-order valence-electron chi connectivity index (χ1n) is 6.09. The number of anilines is 1. The second-order valence-electron chi connectivity index (χ2n) is 5.01. The first kappa shape index (κ1) is 12.8. The fourth-order valence-corrected chi connectivity index (χ4v) is 2.70. The van der Waals surface area contributed by atoms with Gasteiger partial charge in [0.05, 0.1) is 4.92 Å². The van der Waals surface area contributed by atoms with Crippen LogP contribution in [-0.2, 0) is 7.05 Å². The number of nitro groups is 1. The molecule has 0 spiro atoms. The summed E-state index contributed by atoms with van der Waals surface area (Å²) in [6, 6.07) is 0.618. The third-order valence-corrected chi connectivity index (χ3v) is 3.20. The van der Waals surface area contributed by atoms with Crippen molar-refractivity contribution in [3.05, 3.63) is 15.8 Å². The molecule has 7 nitrogen and oxygen atoms in total. The molecule has 0 aromatic carbocycles. The minimum Gasteiger partial charge on any atom is -0.348 e. The van der Waals surface area contributed by atoms with E-state index in [0.717, 1.165) is 13.1 Å². The van der Waals surface area contributed by atoms with E-state index in [1.165, 1.54) is 0 Å². The van der Waals surface area contributed by atoms with Gasteiger partial charge in [-0.05, 0) is 20.8 Å². The van der Waals surface area contributed by atoms with Crippen molar-refractivity contribution in [1.82, 2.24) is 15.1 Å². The smallest absolute Gasteiger partial charge is 0.333 e. The van der Waals surface area contributed by atoms with Crippen molar-refractivity contribution in [2.45, 2.75) is 32.9 Å². The van der Waals surface area contributed by atoms with E-state index < -0.39 is 0 Å². The van der Waals surface area contributed by atoms with Gasteiger partial charge in [-0.1, -0.05) is 0 Å². The molecule has 2 atom stereocenters. The Morgan fingerprint density at radius 2 is 1.94 bits per heavy atom. The normalized spacial score (nSPS) is 24.3. The van der Waals surface area contributed by atoms with Crippen LogP contribution < -0.4 is 10.2 Å². The molecule has 2 heterocycles. The van der Waals surface area contributed by atoms with Gasteiger partial charge in [0.2, 0.25) is 5.82 Å². The number of aromatic nitrogens is 2. The monoisotopic (exact) mass is 253 g/mol. The molecule has 0 aliphatic carbocycles. The number of hydrogen-bond acceptors (Lipinski definition) is 5. The average Bonchev–Trinajstić information content (AvgIpc) is 2.51. The minimum atomic E-state index is -0.338. The fraction of sp³-hybridized carbons (Fsp3) is 0.727. The predicted octanol–water partition coefficient (Wildman–Crippen LogP) is 0.823. The van der Waals surface area contributed by atoms with Crippen LogP contribution in [0.3, 0.4) is 0 Å². The van der Waals surface area contributed by atoms with Crippen molar-refractivity contribution in [2.75, 3.05) is 18.0 Å². The van der Waals surface area contributed by atoms with Crippen LogP contribution in [0.2, 0.25) is 0 Å². The summed E-state index contributed by atoms with van der Waals surface area (Å²) in [6.07, 6.45) is 0. The Bertz CT molecular complexity index is 460. The van der Waals surface area contributed by atoms with E-state index in [-0.39, 0.29) is 10.6 Å². The summed E-state index contributed by atoms with van der Waals surface area (Å²) in [5, 5.41) is 18.8. The third-order valence-electron chi connectivity index (χ3n) is 3.20. The van der Waals surface area contributed by atoms with Crippen LogP contribution in [0.25, 0.3) is 0 Å². The molecule has 1 aromatic rings. The first-order valence-corrected chi connectivity index (χ1v) is 6.09. The Hall–Kier alpha value is -1.63. The zero-order chi connectivity index (χ0) is 13.4. The number of piperazine rings is 1. The number of hydrogen-bond donors (Lipinski definition) is 1. The first-order chi connectivity index (χ1) is 8.40. The van der Waals surface area contributed by atoms with Crippen molar-refractivity contribution >= 4 is 11.5 Å². The van der Waals surface area contributed by atoms with Gasteiger partial charge in [0.1, 0.15) is 5.69 Å². The highest BCUT2D eigenvalue weighted by molar-refractivity contribution is 5.61. The molecular weight excluding hydrogens is 234 g/mol. The van der Waals surface area contributed by atoms with Gasteiger partial charge in [-0.15, -0.1) is 0 Å². The number of aryl methyl sites for hydroxylation is 2. The number of nitrogens with one attached hydrogen (secondary N) is 1. The van der Waals surface area contributed by atoms with Crippen LogP contribution in [0.4, 0.5) is 11.5 Å². The molecule has 2 unspecified atom stereocenters. The lowest BCUT2D eigenvalue weighted by atomic mass is 10.1. The summed E-state index contributed by atoms with van der Waals surface area (Å²) in [5.74, 6) is 0.609. The highest BCUT2D eigenvalue weighted by atomic mass is 16.6. The molecule has 1 aliphatic heterocycles. The summed E-state index contributed by atoms with van der Waals surface area (Å²) in [5.41, 5.74) is 0.593. The van der Waals surface area contributed by atoms with Crippen molar-refractivity contribution in [3.63, 3.8) is 0 Å². The summed E-state index contributed by atoms with van der Waals surface area (Å²) < 4.78 is 1.61. The van der Waals surface area contributed by atoms with E-state index in [1.54, 1.807) is 18.7 Å². The number of rotatable bonds is 2. The van der Waals surface area contributed by atoms with Crippen molar-refractivity contribution in [1.29, 1.82) is 0 Å². The Kier molecular flexibility index (Phi) is 3.25. The van der Waals surface area contributed by atoms with Gasteiger partial charge in [-0.2, -0.15) is 5.10 Å². The molecule has 0 saturated carbocycles. The van der Waals surface area contributed by atoms with Crippen LogP contribution in [0, 0.1) is 17.0 Å². The largest absolute Gasteiger partial charge is 0.348 e. The Labute approximate surface area is 106 Å². The molecule has 0 bridgehead atoms. The van der Waals surface area contributed by atoms with E-state index in [1.807, 2.05) is 4.90 Å². The van der Waals surface area contributed by atoms with Gasteiger partial charge in [0, 0.05) is 32.2 Å². The van der Waals surface area contributed by atoms with E-state index in [2.05, 4.69) is 24.3 Å². The van der Waals surface area contributed by atoms with E-state index in [0.29, 0.717) is 23.6 Å². The third kappa shape index (κ3) is 2.17. The van der Waals surface area contributed by atoms with Gasteiger partial charge in [0.15, 0.2) is 0 Å². The summed E-state index contributed by atoms with van der Waals surface area (Å²) >= 11 is 0. The highest BCUT2D eigenvalue weighted by Crippen LogP contribution is 2.31. The summed E-state index contributed by atoms with van der Waals surface area (Å²) in [4.78, 5) is 12.9. The molecule has 18 heavy (non-hydrogen) atoms. The SMILES string of the molecule is Cc1nn(C)c(N2CC(C)NC(C)C2)c1[N+](=O)[O-]. The molecule has 0 amide bonds. The maximum absolute atomic E-state index is 11.2. The topological polar surface area (TPSA) is 76.2 Å². The van der Waals surface area contributed by atoms with Crippen LogP contribution in [0.1, 0.15) is 19.5 Å². The molecule has 1 N–H and O–H groups in total. The second-order valence-corrected chi connectivity index (χ2v) is 5.01. The van der Waals surface area contributed by atoms with Gasteiger partial charge in [-0.25, -0.2) is 4.68 Å². The second kappa shape index (κ2) is 4.56. The molecule has 2 rings (SSSR count). The minimum absolute atomic E-state index is 0.124. The predicted molar refractivity (Wildman–Crippen MR) is 68.9 cm³/mol. The van der Waals surface area contributed by atoms with Gasteiger partial charge in [-0.3, -0.25) is 10.1 Å². The summed E-state index contributed by atoms with van der Waals surface area (Å²) in [7, 11) is 1.76. The molecule has 1 fully saturated rings. The average molecular weight is 253 g/mol. The number of nitrogens with zero attached hydrogens (tertiary/aromatic N) is 4. The van der Waals surface area contributed by atoms with Crippen LogP contribution in [0.5, 0.6) is 0 Å². The van der Waals surface area contributed by atoms with Gasteiger partial charge >= 0.3 is 5.69 Å². The standard InChI is InChI=1S/C11H19N5O2/c1-7-5-15(6-8(2)12-7)11-10(16(17)18)9(3)13-14(11)4/h7-8,12H,5-6H2,1-4H3. The van der Waals surface area contributed by atoms with Crippen LogP contribution in [0.15, 0.2) is 0 Å². The maximum atomic E-state index is 11.2. The van der Waals surface area contributed by atoms with Crippen LogP contribution >= 0.6 is 0 Å². The van der Waals surface area contributed by atoms with E-state index >= 15 is 0 Å². The lowest BCUT2D eigenvalue weighted by Crippen LogP contribution is -2.54. The van der Waals surface area contributed by atoms with Gasteiger partial charge in [0.25, 0.3) is 0 Å². The van der Waals surface area contributed by atoms with Crippen LogP contribution in [-0.4, -0.2) is 39.9 Å². The molecule has 100 valence electrons. The quantitative estimate of drug-likeness (QED) is 0.624. The van der Waals surface area contributed by atoms with E-state index in [4.69, 9.17) is 0 Å². The fourth-order valence-electron chi connectivity index (χ4n) is 2.70.